The molecule has 4 nitrogen and oxygen atoms in total. The van der Waals surface area contributed by atoms with Gasteiger partial charge in [-0.1, -0.05) is 0 Å². The second kappa shape index (κ2) is 2.11. The van der Waals surface area contributed by atoms with Crippen molar-refractivity contribution in [3.8, 4) is 0 Å². The maximum absolute atomic E-state index is 11.2. The van der Waals surface area contributed by atoms with Gasteiger partial charge in [-0.2, -0.15) is 0 Å². The Morgan fingerprint density at radius 2 is 1.50 bits per heavy atom. The second-order valence-corrected chi connectivity index (χ2v) is 5.78. The highest BCUT2D eigenvalue weighted by Gasteiger charge is 2.68. The van der Waals surface area contributed by atoms with Crippen LogP contribution in [0.1, 0.15) is 13.8 Å². The Hall–Kier alpha value is -0.360. The molecule has 0 saturated carbocycles. The molecule has 2 fully saturated rings. The lowest BCUT2D eigenvalue weighted by molar-refractivity contribution is -0.231. The predicted octanol–water partition coefficient (Wildman–Crippen LogP) is 0.914. The van der Waals surface area contributed by atoms with Gasteiger partial charge >= 0.3 is 11.9 Å². The second-order valence-electron chi connectivity index (χ2n) is 2.96. The van der Waals surface area contributed by atoms with Crippen molar-refractivity contribution in [1.82, 2.24) is 0 Å². The molecule has 0 N–H and O–H groups in total. The van der Waals surface area contributed by atoms with E-state index in [-0.39, 0.29) is 0 Å². The topological polar surface area (TPSA) is 52.6 Å². The van der Waals surface area contributed by atoms with E-state index in [9.17, 15) is 9.59 Å². The van der Waals surface area contributed by atoms with Crippen molar-refractivity contribution < 1.29 is 19.1 Å². The first-order valence-corrected chi connectivity index (χ1v) is 5.45. The molecule has 2 aliphatic heterocycles. The highest BCUT2D eigenvalue weighted by atomic mass is 33.2. The van der Waals surface area contributed by atoms with Gasteiger partial charge in [-0.25, -0.2) is 9.59 Å². The molecule has 1 spiro atoms. The van der Waals surface area contributed by atoms with Crippen LogP contribution in [-0.4, -0.2) is 21.8 Å². The Labute approximate surface area is 76.7 Å². The first-order valence-electron chi connectivity index (χ1n) is 3.30. The third kappa shape index (κ3) is 1.01. The molecule has 0 aromatic heterocycles. The normalized spacial score (nSPS) is 29.5. The molecule has 0 aliphatic carbocycles. The van der Waals surface area contributed by atoms with Gasteiger partial charge in [0, 0.05) is 13.8 Å². The minimum atomic E-state index is -1.11. The van der Waals surface area contributed by atoms with Gasteiger partial charge in [0.2, 0.25) is 0 Å². The molecule has 0 amide bonds. The first-order chi connectivity index (χ1) is 5.46. The molecule has 0 aromatic carbocycles. The van der Waals surface area contributed by atoms with Crippen LogP contribution in [0, 0.1) is 0 Å². The smallest absolute Gasteiger partial charge is 0.349 e. The molecule has 2 heterocycles. The van der Waals surface area contributed by atoms with Crippen molar-refractivity contribution in [3.63, 3.8) is 0 Å². The van der Waals surface area contributed by atoms with Crippen molar-refractivity contribution >= 4 is 33.5 Å². The molecule has 12 heavy (non-hydrogen) atoms. The average Bonchev–Trinajstić information content (AvgIpc) is 2.59. The molecule has 0 atom stereocenters. The van der Waals surface area contributed by atoms with Gasteiger partial charge in [0.1, 0.15) is 0 Å². The van der Waals surface area contributed by atoms with Crippen LogP contribution in [0.3, 0.4) is 0 Å². The van der Waals surface area contributed by atoms with Crippen molar-refractivity contribution in [1.29, 1.82) is 0 Å². The van der Waals surface area contributed by atoms with E-state index < -0.39 is 21.8 Å². The summed E-state index contributed by atoms with van der Waals surface area (Å²) in [5.41, 5.74) is 0. The van der Waals surface area contributed by atoms with Crippen LogP contribution in [-0.2, 0) is 19.1 Å². The summed E-state index contributed by atoms with van der Waals surface area (Å²) in [5, 5.41) is 0. The molecule has 66 valence electrons. The van der Waals surface area contributed by atoms with Crippen molar-refractivity contribution in [2.75, 3.05) is 0 Å². The van der Waals surface area contributed by atoms with E-state index in [1.165, 1.54) is 35.4 Å². The van der Waals surface area contributed by atoms with Crippen molar-refractivity contribution in [2.45, 2.75) is 23.7 Å². The third-order valence-corrected chi connectivity index (χ3v) is 4.13. The Morgan fingerprint density at radius 3 is 1.83 bits per heavy atom. The Bertz CT molecular complexity index is 247. The Kier molecular flexibility index (Phi) is 1.45. The first kappa shape index (κ1) is 8.25. The SMILES string of the molecule is CC1(C)OC(=O)C2(SS2)C(=O)O1. The van der Waals surface area contributed by atoms with Crippen LogP contribution in [0.25, 0.3) is 0 Å². The lowest BCUT2D eigenvalue weighted by atomic mass is 10.3. The quantitative estimate of drug-likeness (QED) is 0.254. The molecular formula is C6H6O4S2. The van der Waals surface area contributed by atoms with Gasteiger partial charge in [0.15, 0.2) is 0 Å². The maximum atomic E-state index is 11.2. The fraction of sp³-hybridized carbons (Fsp3) is 0.667. The van der Waals surface area contributed by atoms with Gasteiger partial charge < -0.3 is 9.47 Å². The number of ether oxygens (including phenoxy) is 2. The number of carbonyl (C=O) groups excluding carboxylic acids is 2. The van der Waals surface area contributed by atoms with Crippen LogP contribution in [0.5, 0.6) is 0 Å². The highest BCUT2D eigenvalue weighted by molar-refractivity contribution is 8.94. The van der Waals surface area contributed by atoms with Crippen molar-refractivity contribution in [2.24, 2.45) is 0 Å². The van der Waals surface area contributed by atoms with Crippen LogP contribution in [0.2, 0.25) is 0 Å². The monoisotopic (exact) mass is 206 g/mol. The molecule has 2 aliphatic rings. The van der Waals surface area contributed by atoms with Crippen LogP contribution in [0.15, 0.2) is 0 Å². The van der Waals surface area contributed by atoms with Gasteiger partial charge in [-0.3, -0.25) is 0 Å². The van der Waals surface area contributed by atoms with E-state index >= 15 is 0 Å². The van der Waals surface area contributed by atoms with Crippen LogP contribution in [0.4, 0.5) is 0 Å². The summed E-state index contributed by atoms with van der Waals surface area (Å²) in [6.45, 7) is 3.07. The van der Waals surface area contributed by atoms with E-state index in [4.69, 9.17) is 9.47 Å². The minimum absolute atomic E-state index is 0.501. The fourth-order valence-corrected chi connectivity index (χ4v) is 2.45. The lowest BCUT2D eigenvalue weighted by Crippen LogP contribution is -2.49. The maximum Gasteiger partial charge on any atom is 0.349 e. The minimum Gasteiger partial charge on any atom is -0.421 e. The summed E-state index contributed by atoms with van der Waals surface area (Å²) in [4.78, 5) is 22.5. The van der Waals surface area contributed by atoms with Gasteiger partial charge in [0.25, 0.3) is 9.87 Å². The zero-order valence-corrected chi connectivity index (χ0v) is 8.08. The summed E-state index contributed by atoms with van der Waals surface area (Å²) in [7, 11) is 2.35. The van der Waals surface area contributed by atoms with Gasteiger partial charge in [-0.15, -0.1) is 0 Å². The number of esters is 2. The van der Waals surface area contributed by atoms with E-state index in [0.29, 0.717) is 0 Å². The third-order valence-electron chi connectivity index (χ3n) is 1.46. The zero-order valence-electron chi connectivity index (χ0n) is 6.45. The fourth-order valence-electron chi connectivity index (χ4n) is 0.863. The summed E-state index contributed by atoms with van der Waals surface area (Å²) in [5.74, 6) is -2.11. The summed E-state index contributed by atoms with van der Waals surface area (Å²) in [6, 6.07) is 0. The average molecular weight is 206 g/mol. The number of carbonyl (C=O) groups is 2. The largest absolute Gasteiger partial charge is 0.421 e. The summed E-state index contributed by atoms with van der Waals surface area (Å²) in [6.07, 6.45) is 0. The molecule has 2 rings (SSSR count). The number of hydrogen-bond donors (Lipinski definition) is 0. The lowest BCUT2D eigenvalue weighted by Gasteiger charge is -2.31. The standard InChI is InChI=1S/C6H6O4S2/c1-5(2)9-3(7)6(11-12-6)4(8)10-5/h1-2H3. The summed E-state index contributed by atoms with van der Waals surface area (Å²) >= 11 is 0. The zero-order chi connectivity index (χ0) is 8.98. The number of rotatable bonds is 0. The number of hydrogen-bond acceptors (Lipinski definition) is 6. The van der Waals surface area contributed by atoms with Crippen molar-refractivity contribution in [3.05, 3.63) is 0 Å². The van der Waals surface area contributed by atoms with Gasteiger partial charge in [-0.05, 0) is 21.6 Å². The highest BCUT2D eigenvalue weighted by Crippen LogP contribution is 2.67. The molecule has 2 saturated heterocycles. The Balaban J connectivity index is 2.26. The van der Waals surface area contributed by atoms with E-state index in [2.05, 4.69) is 0 Å². The molecule has 6 heteroatoms. The Morgan fingerprint density at radius 1 is 1.08 bits per heavy atom. The number of cyclic esters (lactones) is 2. The van der Waals surface area contributed by atoms with Crippen LogP contribution < -0.4 is 0 Å². The van der Waals surface area contributed by atoms with Crippen LogP contribution >= 0.6 is 21.6 Å². The van der Waals surface area contributed by atoms with E-state index in [1.54, 1.807) is 0 Å². The van der Waals surface area contributed by atoms with E-state index in [1.807, 2.05) is 0 Å². The molecule has 0 unspecified atom stereocenters. The molecular weight excluding hydrogens is 200 g/mol. The molecule has 0 radical (unpaired) electrons. The van der Waals surface area contributed by atoms with Gasteiger partial charge in [0.05, 0.1) is 0 Å². The molecule has 0 aromatic rings. The molecule has 0 bridgehead atoms. The summed E-state index contributed by atoms with van der Waals surface area (Å²) < 4.78 is 8.71. The van der Waals surface area contributed by atoms with E-state index in [0.717, 1.165) is 0 Å². The predicted molar refractivity (Wildman–Crippen MR) is 44.2 cm³/mol.